The standard InChI is InChI=1S/C13H20N2O3/c1-8(2)12(13(16)15-14)18-10-6-5-9(3)7-11(10)17-4/h5-8,12H,14H2,1-4H3,(H,15,16). The van der Waals surface area contributed by atoms with Gasteiger partial charge in [-0.15, -0.1) is 0 Å². The maximum Gasteiger partial charge on any atom is 0.275 e. The third-order valence-electron chi connectivity index (χ3n) is 2.58. The maximum atomic E-state index is 11.6. The molecular formula is C13H20N2O3. The van der Waals surface area contributed by atoms with Gasteiger partial charge in [0.05, 0.1) is 7.11 Å². The Bertz CT molecular complexity index is 419. The summed E-state index contributed by atoms with van der Waals surface area (Å²) in [6, 6.07) is 5.54. The van der Waals surface area contributed by atoms with Gasteiger partial charge in [0.15, 0.2) is 17.6 Å². The number of benzene rings is 1. The van der Waals surface area contributed by atoms with E-state index in [1.54, 1.807) is 13.2 Å². The zero-order valence-electron chi connectivity index (χ0n) is 11.2. The zero-order chi connectivity index (χ0) is 13.7. The number of amides is 1. The summed E-state index contributed by atoms with van der Waals surface area (Å²) in [5.41, 5.74) is 3.17. The van der Waals surface area contributed by atoms with Crippen LogP contribution < -0.4 is 20.7 Å². The number of aryl methyl sites for hydroxylation is 1. The lowest BCUT2D eigenvalue weighted by atomic mass is 10.1. The van der Waals surface area contributed by atoms with E-state index in [0.29, 0.717) is 11.5 Å². The minimum absolute atomic E-state index is 0.000408. The Morgan fingerprint density at radius 1 is 1.33 bits per heavy atom. The van der Waals surface area contributed by atoms with Gasteiger partial charge in [-0.3, -0.25) is 10.2 Å². The molecule has 0 aliphatic carbocycles. The summed E-state index contributed by atoms with van der Waals surface area (Å²) in [7, 11) is 1.56. The number of methoxy groups -OCH3 is 1. The minimum Gasteiger partial charge on any atom is -0.493 e. The highest BCUT2D eigenvalue weighted by molar-refractivity contribution is 5.80. The molecule has 3 N–H and O–H groups in total. The molecule has 1 aromatic carbocycles. The van der Waals surface area contributed by atoms with Gasteiger partial charge < -0.3 is 9.47 Å². The van der Waals surface area contributed by atoms with E-state index in [0.717, 1.165) is 5.56 Å². The summed E-state index contributed by atoms with van der Waals surface area (Å²) in [5, 5.41) is 0. The first-order valence-electron chi connectivity index (χ1n) is 5.81. The summed E-state index contributed by atoms with van der Waals surface area (Å²) in [4.78, 5) is 11.6. The number of nitrogens with two attached hydrogens (primary N) is 1. The van der Waals surface area contributed by atoms with E-state index in [4.69, 9.17) is 15.3 Å². The van der Waals surface area contributed by atoms with Crippen molar-refractivity contribution in [3.05, 3.63) is 23.8 Å². The Labute approximate surface area is 107 Å². The number of hydrazine groups is 1. The van der Waals surface area contributed by atoms with Crippen molar-refractivity contribution in [2.75, 3.05) is 7.11 Å². The fourth-order valence-electron chi connectivity index (χ4n) is 1.58. The SMILES string of the molecule is COc1cc(C)ccc1OC(C(=O)NN)C(C)C. The first-order chi connectivity index (χ1) is 8.49. The van der Waals surface area contributed by atoms with Gasteiger partial charge in [0.25, 0.3) is 5.91 Å². The molecule has 5 heteroatoms. The smallest absolute Gasteiger partial charge is 0.275 e. The van der Waals surface area contributed by atoms with Crippen molar-refractivity contribution in [1.82, 2.24) is 5.43 Å². The lowest BCUT2D eigenvalue weighted by Gasteiger charge is -2.22. The molecule has 100 valence electrons. The molecule has 0 heterocycles. The van der Waals surface area contributed by atoms with Crippen LogP contribution >= 0.6 is 0 Å². The molecule has 1 rings (SSSR count). The van der Waals surface area contributed by atoms with Gasteiger partial charge in [0.2, 0.25) is 0 Å². The van der Waals surface area contributed by atoms with Crippen molar-refractivity contribution in [2.24, 2.45) is 11.8 Å². The Kier molecular flexibility index (Phi) is 4.97. The predicted octanol–water partition coefficient (Wildman–Crippen LogP) is 1.40. The highest BCUT2D eigenvalue weighted by atomic mass is 16.5. The summed E-state index contributed by atoms with van der Waals surface area (Å²) >= 11 is 0. The van der Waals surface area contributed by atoms with Crippen molar-refractivity contribution < 1.29 is 14.3 Å². The minimum atomic E-state index is -0.647. The Balaban J connectivity index is 2.97. The van der Waals surface area contributed by atoms with Crippen LogP contribution in [0.15, 0.2) is 18.2 Å². The lowest BCUT2D eigenvalue weighted by Crippen LogP contribution is -2.44. The van der Waals surface area contributed by atoms with E-state index in [-0.39, 0.29) is 11.8 Å². The number of carbonyl (C=O) groups is 1. The molecule has 1 atom stereocenters. The van der Waals surface area contributed by atoms with Crippen LogP contribution in [0.2, 0.25) is 0 Å². The molecule has 1 amide bonds. The molecule has 0 bridgehead atoms. The molecule has 18 heavy (non-hydrogen) atoms. The number of nitrogens with one attached hydrogen (secondary N) is 1. The molecule has 0 aromatic heterocycles. The molecule has 0 saturated carbocycles. The van der Waals surface area contributed by atoms with Crippen molar-refractivity contribution in [3.8, 4) is 11.5 Å². The Morgan fingerprint density at radius 2 is 2.00 bits per heavy atom. The monoisotopic (exact) mass is 252 g/mol. The molecule has 0 spiro atoms. The largest absolute Gasteiger partial charge is 0.493 e. The van der Waals surface area contributed by atoms with E-state index < -0.39 is 6.10 Å². The fourth-order valence-corrected chi connectivity index (χ4v) is 1.58. The van der Waals surface area contributed by atoms with Crippen molar-refractivity contribution in [2.45, 2.75) is 26.9 Å². The second-order valence-corrected chi connectivity index (χ2v) is 4.45. The van der Waals surface area contributed by atoms with Crippen molar-refractivity contribution >= 4 is 5.91 Å². The second-order valence-electron chi connectivity index (χ2n) is 4.45. The summed E-state index contributed by atoms with van der Waals surface area (Å²) in [6.45, 7) is 5.74. The highest BCUT2D eigenvalue weighted by Gasteiger charge is 2.24. The van der Waals surface area contributed by atoms with Crippen LogP contribution in [0, 0.1) is 12.8 Å². The number of hydrogen-bond acceptors (Lipinski definition) is 4. The van der Waals surface area contributed by atoms with Gasteiger partial charge in [-0.2, -0.15) is 0 Å². The number of hydrogen-bond donors (Lipinski definition) is 2. The first-order valence-corrected chi connectivity index (χ1v) is 5.81. The number of rotatable bonds is 5. The first kappa shape index (κ1) is 14.3. The van der Waals surface area contributed by atoms with Crippen LogP contribution in [0.1, 0.15) is 19.4 Å². The summed E-state index contributed by atoms with van der Waals surface area (Å²) in [5.74, 6) is 5.93. The van der Waals surface area contributed by atoms with Gasteiger partial charge in [-0.1, -0.05) is 19.9 Å². The van der Waals surface area contributed by atoms with Gasteiger partial charge in [-0.25, -0.2) is 5.84 Å². The van der Waals surface area contributed by atoms with Crippen LogP contribution in [0.4, 0.5) is 0 Å². The molecule has 0 fully saturated rings. The summed E-state index contributed by atoms with van der Waals surface area (Å²) < 4.78 is 10.9. The number of ether oxygens (including phenoxy) is 2. The molecular weight excluding hydrogens is 232 g/mol. The predicted molar refractivity (Wildman–Crippen MR) is 69.3 cm³/mol. The lowest BCUT2D eigenvalue weighted by molar-refractivity contribution is -0.129. The van der Waals surface area contributed by atoms with E-state index >= 15 is 0 Å². The molecule has 1 unspecified atom stereocenters. The van der Waals surface area contributed by atoms with E-state index in [9.17, 15) is 4.79 Å². The van der Waals surface area contributed by atoms with E-state index in [1.807, 2.05) is 32.9 Å². The summed E-state index contributed by atoms with van der Waals surface area (Å²) in [6.07, 6.45) is -0.647. The highest BCUT2D eigenvalue weighted by Crippen LogP contribution is 2.29. The van der Waals surface area contributed by atoms with Crippen LogP contribution in [-0.4, -0.2) is 19.1 Å². The van der Waals surface area contributed by atoms with Crippen molar-refractivity contribution in [1.29, 1.82) is 0 Å². The fraction of sp³-hybridized carbons (Fsp3) is 0.462. The van der Waals surface area contributed by atoms with E-state index in [1.165, 1.54) is 0 Å². The van der Waals surface area contributed by atoms with Gasteiger partial charge >= 0.3 is 0 Å². The number of carbonyl (C=O) groups excluding carboxylic acids is 1. The van der Waals surface area contributed by atoms with Gasteiger partial charge in [0, 0.05) is 0 Å². The van der Waals surface area contributed by atoms with Crippen LogP contribution in [-0.2, 0) is 4.79 Å². The molecule has 0 radical (unpaired) electrons. The molecule has 5 nitrogen and oxygen atoms in total. The van der Waals surface area contributed by atoms with Crippen LogP contribution in [0.25, 0.3) is 0 Å². The normalized spacial score (nSPS) is 12.1. The zero-order valence-corrected chi connectivity index (χ0v) is 11.2. The maximum absolute atomic E-state index is 11.6. The third-order valence-corrected chi connectivity index (χ3v) is 2.58. The molecule has 0 aliphatic heterocycles. The van der Waals surface area contributed by atoms with Gasteiger partial charge in [0.1, 0.15) is 0 Å². The molecule has 0 aliphatic rings. The second kappa shape index (κ2) is 6.26. The van der Waals surface area contributed by atoms with E-state index in [2.05, 4.69) is 5.43 Å². The molecule has 0 saturated heterocycles. The van der Waals surface area contributed by atoms with Crippen LogP contribution in [0.5, 0.6) is 11.5 Å². The third kappa shape index (κ3) is 3.37. The quantitative estimate of drug-likeness (QED) is 0.472. The Hall–Kier alpha value is -1.75. The topological polar surface area (TPSA) is 73.6 Å². The Morgan fingerprint density at radius 3 is 2.50 bits per heavy atom. The van der Waals surface area contributed by atoms with Crippen LogP contribution in [0.3, 0.4) is 0 Å². The average molecular weight is 252 g/mol. The average Bonchev–Trinajstić information content (AvgIpc) is 2.35. The van der Waals surface area contributed by atoms with Gasteiger partial charge in [-0.05, 0) is 30.5 Å². The molecule has 1 aromatic rings. The van der Waals surface area contributed by atoms with Crippen molar-refractivity contribution in [3.63, 3.8) is 0 Å².